The van der Waals surface area contributed by atoms with Gasteiger partial charge in [0.1, 0.15) is 5.69 Å². The van der Waals surface area contributed by atoms with Crippen LogP contribution >= 0.6 is 11.6 Å². The fourth-order valence-electron chi connectivity index (χ4n) is 5.22. The molecule has 0 spiro atoms. The molecule has 2 saturated heterocycles. The standard InChI is InChI=1S/C26H23ClF6N4O2/c27-16-6-4-15(5-7-16)24(39)36-10-8-35(9-11-36)20-13-37(14-21(20)38)19-12-22(26(31,32)33)34-23-17(19)2-1-3-18(23)25(28,29)30/h1-7,12,20-21,38H,8-11,13-14H2. The fraction of sp³-hybridized carbons (Fsp3) is 0.385. The number of fused-ring (bicyclic) bond motifs is 1. The van der Waals surface area contributed by atoms with Crippen molar-refractivity contribution in [1.29, 1.82) is 0 Å². The number of anilines is 1. The van der Waals surface area contributed by atoms with Gasteiger partial charge in [-0.2, -0.15) is 26.3 Å². The van der Waals surface area contributed by atoms with Gasteiger partial charge in [0.25, 0.3) is 5.91 Å². The van der Waals surface area contributed by atoms with Crippen LogP contribution in [-0.4, -0.2) is 77.2 Å². The van der Waals surface area contributed by atoms with Crippen LogP contribution in [0.5, 0.6) is 0 Å². The quantitative estimate of drug-likeness (QED) is 0.451. The fourth-order valence-corrected chi connectivity index (χ4v) is 5.35. The van der Waals surface area contributed by atoms with Crippen molar-refractivity contribution >= 4 is 34.1 Å². The molecule has 6 nitrogen and oxygen atoms in total. The Morgan fingerprint density at radius 3 is 2.21 bits per heavy atom. The van der Waals surface area contributed by atoms with Crippen LogP contribution in [0.25, 0.3) is 10.9 Å². The molecule has 3 aromatic rings. The molecule has 5 rings (SSSR count). The normalized spacial score (nSPS) is 21.1. The molecule has 2 unspecified atom stereocenters. The van der Waals surface area contributed by atoms with Gasteiger partial charge in [-0.1, -0.05) is 23.7 Å². The molecule has 39 heavy (non-hydrogen) atoms. The lowest BCUT2D eigenvalue weighted by Gasteiger charge is -2.38. The third-order valence-corrected chi connectivity index (χ3v) is 7.43. The lowest BCUT2D eigenvalue weighted by Crippen LogP contribution is -2.54. The second-order valence-corrected chi connectivity index (χ2v) is 10.0. The summed E-state index contributed by atoms with van der Waals surface area (Å²) in [4.78, 5) is 21.2. The zero-order valence-electron chi connectivity index (χ0n) is 20.3. The summed E-state index contributed by atoms with van der Waals surface area (Å²) in [5.74, 6) is -0.164. The van der Waals surface area contributed by atoms with Crippen molar-refractivity contribution in [2.24, 2.45) is 0 Å². The van der Waals surface area contributed by atoms with Crippen molar-refractivity contribution in [3.8, 4) is 0 Å². The minimum Gasteiger partial charge on any atom is -0.390 e. The van der Waals surface area contributed by atoms with Crippen LogP contribution in [0.3, 0.4) is 0 Å². The maximum atomic E-state index is 13.6. The number of rotatable bonds is 3. The second kappa shape index (κ2) is 10.1. The van der Waals surface area contributed by atoms with Crippen molar-refractivity contribution < 1.29 is 36.2 Å². The van der Waals surface area contributed by atoms with Gasteiger partial charge in [0, 0.05) is 60.9 Å². The molecule has 1 aromatic heterocycles. The number of halogens is 7. The number of hydrogen-bond donors (Lipinski definition) is 1. The predicted molar refractivity (Wildman–Crippen MR) is 133 cm³/mol. The van der Waals surface area contributed by atoms with Crippen molar-refractivity contribution in [3.05, 3.63) is 70.4 Å². The summed E-state index contributed by atoms with van der Waals surface area (Å²) in [7, 11) is 0. The number of para-hydroxylation sites is 1. The van der Waals surface area contributed by atoms with Gasteiger partial charge in [-0.3, -0.25) is 9.69 Å². The van der Waals surface area contributed by atoms with Gasteiger partial charge >= 0.3 is 12.4 Å². The molecular formula is C26H23ClF6N4O2. The van der Waals surface area contributed by atoms with E-state index in [9.17, 15) is 36.2 Å². The van der Waals surface area contributed by atoms with E-state index in [-0.39, 0.29) is 30.1 Å². The Morgan fingerprint density at radius 1 is 0.923 bits per heavy atom. The largest absolute Gasteiger partial charge is 0.433 e. The molecule has 2 aliphatic heterocycles. The summed E-state index contributed by atoms with van der Waals surface area (Å²) in [6.07, 6.45) is -10.8. The number of aliphatic hydroxyl groups is 1. The summed E-state index contributed by atoms with van der Waals surface area (Å²) in [6, 6.07) is 9.89. The Labute approximate surface area is 224 Å². The summed E-state index contributed by atoms with van der Waals surface area (Å²) in [5.41, 5.74) is -3.07. The Kier molecular flexibility index (Phi) is 7.15. The minimum absolute atomic E-state index is 0.0682. The van der Waals surface area contributed by atoms with Crippen LogP contribution in [0.1, 0.15) is 21.6 Å². The smallest absolute Gasteiger partial charge is 0.390 e. The van der Waals surface area contributed by atoms with Crippen molar-refractivity contribution in [3.63, 3.8) is 0 Å². The van der Waals surface area contributed by atoms with Crippen LogP contribution in [-0.2, 0) is 12.4 Å². The molecule has 2 atom stereocenters. The van der Waals surface area contributed by atoms with E-state index in [1.807, 2.05) is 4.90 Å². The number of nitrogens with zero attached hydrogens (tertiary/aromatic N) is 4. The number of hydrogen-bond acceptors (Lipinski definition) is 5. The summed E-state index contributed by atoms with van der Waals surface area (Å²) in [5, 5.41) is 11.3. The molecule has 2 aromatic carbocycles. The van der Waals surface area contributed by atoms with Gasteiger partial charge in [0.2, 0.25) is 0 Å². The lowest BCUT2D eigenvalue weighted by atomic mass is 10.1. The number of piperazine rings is 1. The molecule has 2 aliphatic rings. The molecule has 1 N–H and O–H groups in total. The zero-order chi connectivity index (χ0) is 28.1. The highest BCUT2D eigenvalue weighted by Crippen LogP contribution is 2.41. The number of aromatic nitrogens is 1. The molecule has 0 bridgehead atoms. The third kappa shape index (κ3) is 5.50. The Hall–Kier alpha value is -3.09. The third-order valence-electron chi connectivity index (χ3n) is 7.17. The molecule has 13 heteroatoms. The van der Waals surface area contributed by atoms with E-state index in [0.717, 1.165) is 12.1 Å². The highest BCUT2D eigenvalue weighted by atomic mass is 35.5. The van der Waals surface area contributed by atoms with Crippen LogP contribution in [0, 0.1) is 0 Å². The van der Waals surface area contributed by atoms with E-state index in [1.54, 1.807) is 29.2 Å². The number of β-amino-alcohol motifs (C(OH)–C–C–N with tert-alkyl or cyclic N) is 1. The molecule has 2 fully saturated rings. The van der Waals surface area contributed by atoms with Crippen molar-refractivity contribution in [2.45, 2.75) is 24.5 Å². The Morgan fingerprint density at radius 2 is 1.59 bits per heavy atom. The zero-order valence-corrected chi connectivity index (χ0v) is 21.1. The van der Waals surface area contributed by atoms with Crippen molar-refractivity contribution in [1.82, 2.24) is 14.8 Å². The first kappa shape index (κ1) is 27.5. The summed E-state index contributed by atoms with van der Waals surface area (Å²) in [6.45, 7) is 1.60. The number of carbonyl (C=O) groups is 1. The number of benzene rings is 2. The highest BCUT2D eigenvalue weighted by Gasteiger charge is 2.41. The Bertz CT molecular complexity index is 1370. The maximum absolute atomic E-state index is 13.6. The SMILES string of the molecule is O=C(c1ccc(Cl)cc1)N1CCN(C2CN(c3cc(C(F)(F)F)nc4c(C(F)(F)F)cccc34)CC2O)CC1. The van der Waals surface area contributed by atoms with Gasteiger partial charge in [-0.15, -0.1) is 0 Å². The first-order chi connectivity index (χ1) is 18.3. The first-order valence-corrected chi connectivity index (χ1v) is 12.5. The number of pyridine rings is 1. The van der Waals surface area contributed by atoms with Crippen LogP contribution in [0.4, 0.5) is 32.0 Å². The lowest BCUT2D eigenvalue weighted by molar-refractivity contribution is -0.142. The second-order valence-electron chi connectivity index (χ2n) is 9.60. The van der Waals surface area contributed by atoms with E-state index in [2.05, 4.69) is 4.98 Å². The van der Waals surface area contributed by atoms with Crippen LogP contribution in [0.15, 0.2) is 48.5 Å². The number of alkyl halides is 6. The predicted octanol–water partition coefficient (Wildman–Crippen LogP) is 4.93. The van der Waals surface area contributed by atoms with Crippen LogP contribution in [0.2, 0.25) is 5.02 Å². The van der Waals surface area contributed by atoms with Gasteiger partial charge in [0.05, 0.1) is 23.2 Å². The topological polar surface area (TPSA) is 59.9 Å². The van der Waals surface area contributed by atoms with E-state index in [1.165, 1.54) is 11.0 Å². The van der Waals surface area contributed by atoms with E-state index in [0.29, 0.717) is 42.8 Å². The molecule has 3 heterocycles. The number of carbonyl (C=O) groups excluding carboxylic acids is 1. The van der Waals surface area contributed by atoms with Gasteiger partial charge in [-0.05, 0) is 36.4 Å². The van der Waals surface area contributed by atoms with Gasteiger partial charge < -0.3 is 14.9 Å². The molecule has 0 saturated carbocycles. The highest BCUT2D eigenvalue weighted by molar-refractivity contribution is 6.30. The first-order valence-electron chi connectivity index (χ1n) is 12.1. The average Bonchev–Trinajstić information content (AvgIpc) is 3.28. The monoisotopic (exact) mass is 572 g/mol. The number of aliphatic hydroxyl groups excluding tert-OH is 1. The summed E-state index contributed by atoms with van der Waals surface area (Å²) >= 11 is 5.89. The molecule has 208 valence electrons. The molecular weight excluding hydrogens is 550 g/mol. The minimum atomic E-state index is -4.97. The maximum Gasteiger partial charge on any atom is 0.433 e. The van der Waals surface area contributed by atoms with Gasteiger partial charge in [0.15, 0.2) is 0 Å². The number of amides is 1. The van der Waals surface area contributed by atoms with E-state index in [4.69, 9.17) is 11.6 Å². The Balaban J connectivity index is 1.37. The van der Waals surface area contributed by atoms with Crippen LogP contribution < -0.4 is 4.90 Å². The van der Waals surface area contributed by atoms with Gasteiger partial charge in [-0.25, -0.2) is 4.98 Å². The van der Waals surface area contributed by atoms with Crippen molar-refractivity contribution in [2.75, 3.05) is 44.2 Å². The van der Waals surface area contributed by atoms with E-state index >= 15 is 0 Å². The molecule has 1 amide bonds. The van der Waals surface area contributed by atoms with E-state index < -0.39 is 41.3 Å². The summed E-state index contributed by atoms with van der Waals surface area (Å²) < 4.78 is 81.8. The molecule has 0 aliphatic carbocycles. The average molecular weight is 573 g/mol. The molecule has 0 radical (unpaired) electrons.